The lowest BCUT2D eigenvalue weighted by Gasteiger charge is -2.26. The monoisotopic (exact) mass is 283 g/mol. The highest BCUT2D eigenvalue weighted by molar-refractivity contribution is 5.94. The van der Waals surface area contributed by atoms with Gasteiger partial charge in [-0.05, 0) is 49.1 Å². The van der Waals surface area contributed by atoms with Gasteiger partial charge in [0.1, 0.15) is 5.82 Å². The Kier molecular flexibility index (Phi) is 3.74. The highest BCUT2D eigenvalue weighted by Gasteiger charge is 2.31. The summed E-state index contributed by atoms with van der Waals surface area (Å²) in [6.45, 7) is 2.80. The molecule has 1 amide bonds. The molecule has 1 aliphatic heterocycles. The molecule has 0 spiro atoms. The zero-order chi connectivity index (χ0) is 14.8. The molecule has 0 saturated carbocycles. The van der Waals surface area contributed by atoms with Gasteiger partial charge in [0.25, 0.3) is 5.91 Å². The Morgan fingerprint density at radius 2 is 2.00 bits per heavy atom. The largest absolute Gasteiger partial charge is 0.332 e. The van der Waals surface area contributed by atoms with E-state index < -0.39 is 0 Å². The summed E-state index contributed by atoms with van der Waals surface area (Å²) < 4.78 is 13.3. The molecule has 0 aliphatic carbocycles. The Morgan fingerprint density at radius 1 is 1.19 bits per heavy atom. The first-order chi connectivity index (χ1) is 10.2. The van der Waals surface area contributed by atoms with E-state index in [-0.39, 0.29) is 17.8 Å². The number of amides is 1. The predicted molar refractivity (Wildman–Crippen MR) is 80.6 cm³/mol. The van der Waals surface area contributed by atoms with Crippen molar-refractivity contribution >= 4 is 5.91 Å². The van der Waals surface area contributed by atoms with Gasteiger partial charge in [-0.3, -0.25) is 4.79 Å². The maximum absolute atomic E-state index is 13.3. The molecule has 2 aromatic rings. The minimum atomic E-state index is -0.368. The van der Waals surface area contributed by atoms with Crippen LogP contribution in [-0.4, -0.2) is 17.4 Å². The molecule has 0 bridgehead atoms. The molecule has 1 fully saturated rings. The number of hydrogen-bond acceptors (Lipinski definition) is 1. The van der Waals surface area contributed by atoms with Gasteiger partial charge in [-0.25, -0.2) is 4.39 Å². The Balaban J connectivity index is 1.91. The molecule has 0 radical (unpaired) electrons. The Hall–Kier alpha value is -2.16. The van der Waals surface area contributed by atoms with E-state index in [0.29, 0.717) is 5.56 Å². The summed E-state index contributed by atoms with van der Waals surface area (Å²) >= 11 is 0. The first kappa shape index (κ1) is 13.8. The van der Waals surface area contributed by atoms with Gasteiger partial charge in [0.05, 0.1) is 6.04 Å². The number of nitrogens with zero attached hydrogens (tertiary/aromatic N) is 1. The lowest BCUT2D eigenvalue weighted by molar-refractivity contribution is 0.0735. The molecule has 1 atom stereocenters. The average molecular weight is 283 g/mol. The molecule has 108 valence electrons. The number of halogens is 1. The van der Waals surface area contributed by atoms with Crippen LogP contribution in [0.25, 0.3) is 0 Å². The van der Waals surface area contributed by atoms with E-state index in [0.717, 1.165) is 19.4 Å². The van der Waals surface area contributed by atoms with Gasteiger partial charge in [0, 0.05) is 12.1 Å². The molecule has 2 nitrogen and oxygen atoms in total. The average Bonchev–Trinajstić information content (AvgIpc) is 2.96. The zero-order valence-corrected chi connectivity index (χ0v) is 12.1. The van der Waals surface area contributed by atoms with Gasteiger partial charge in [-0.15, -0.1) is 0 Å². The Morgan fingerprint density at radius 3 is 2.76 bits per heavy atom. The van der Waals surface area contributed by atoms with Crippen molar-refractivity contribution in [2.45, 2.75) is 25.8 Å². The fourth-order valence-electron chi connectivity index (χ4n) is 3.08. The predicted octanol–water partition coefficient (Wildman–Crippen LogP) is 4.11. The third-order valence-electron chi connectivity index (χ3n) is 4.13. The second kappa shape index (κ2) is 5.68. The van der Waals surface area contributed by atoms with Crippen molar-refractivity contribution in [1.29, 1.82) is 0 Å². The number of aryl methyl sites for hydroxylation is 1. The summed E-state index contributed by atoms with van der Waals surface area (Å²) in [6.07, 6.45) is 1.95. The second-order valence-corrected chi connectivity index (χ2v) is 5.52. The Bertz CT molecular complexity index is 668. The van der Waals surface area contributed by atoms with E-state index >= 15 is 0 Å². The van der Waals surface area contributed by atoms with Gasteiger partial charge in [0.15, 0.2) is 0 Å². The SMILES string of the molecule is Cc1ccccc1[C@H]1CCCN1C(=O)c1cccc(F)c1. The van der Waals surface area contributed by atoms with Crippen LogP contribution in [0.2, 0.25) is 0 Å². The van der Waals surface area contributed by atoms with Crippen LogP contribution in [0.1, 0.15) is 40.4 Å². The van der Waals surface area contributed by atoms with Crippen molar-refractivity contribution in [3.8, 4) is 0 Å². The third kappa shape index (κ3) is 2.68. The van der Waals surface area contributed by atoms with E-state index in [1.807, 2.05) is 17.0 Å². The number of hydrogen-bond donors (Lipinski definition) is 0. The van der Waals surface area contributed by atoms with Crippen LogP contribution in [0, 0.1) is 12.7 Å². The molecule has 1 saturated heterocycles. The van der Waals surface area contributed by atoms with Crippen LogP contribution < -0.4 is 0 Å². The first-order valence-electron chi connectivity index (χ1n) is 7.29. The highest BCUT2D eigenvalue weighted by Crippen LogP contribution is 2.34. The van der Waals surface area contributed by atoms with Crippen LogP contribution in [0.3, 0.4) is 0 Å². The third-order valence-corrected chi connectivity index (χ3v) is 4.13. The van der Waals surface area contributed by atoms with Crippen molar-refractivity contribution in [3.63, 3.8) is 0 Å². The lowest BCUT2D eigenvalue weighted by Crippen LogP contribution is -2.30. The van der Waals surface area contributed by atoms with E-state index in [1.165, 1.54) is 23.3 Å². The smallest absolute Gasteiger partial charge is 0.254 e. The second-order valence-electron chi connectivity index (χ2n) is 5.52. The summed E-state index contributed by atoms with van der Waals surface area (Å²) in [5.41, 5.74) is 2.82. The Labute approximate surface area is 124 Å². The van der Waals surface area contributed by atoms with Crippen LogP contribution >= 0.6 is 0 Å². The summed E-state index contributed by atoms with van der Waals surface area (Å²) in [6, 6.07) is 14.2. The van der Waals surface area contributed by atoms with E-state index in [2.05, 4.69) is 19.1 Å². The molecular formula is C18H18FNO. The maximum atomic E-state index is 13.3. The number of benzene rings is 2. The van der Waals surface area contributed by atoms with Crippen molar-refractivity contribution < 1.29 is 9.18 Å². The van der Waals surface area contributed by atoms with E-state index in [4.69, 9.17) is 0 Å². The maximum Gasteiger partial charge on any atom is 0.254 e. The molecule has 21 heavy (non-hydrogen) atoms. The van der Waals surface area contributed by atoms with Crippen LogP contribution in [-0.2, 0) is 0 Å². The van der Waals surface area contributed by atoms with Crippen LogP contribution in [0.15, 0.2) is 48.5 Å². The van der Waals surface area contributed by atoms with Gasteiger partial charge in [-0.1, -0.05) is 30.3 Å². The number of likely N-dealkylation sites (tertiary alicyclic amines) is 1. The molecule has 0 N–H and O–H groups in total. The van der Waals surface area contributed by atoms with Gasteiger partial charge < -0.3 is 4.90 Å². The van der Waals surface area contributed by atoms with Gasteiger partial charge in [-0.2, -0.15) is 0 Å². The van der Waals surface area contributed by atoms with Crippen LogP contribution in [0.5, 0.6) is 0 Å². The molecule has 2 aromatic carbocycles. The number of carbonyl (C=O) groups excluding carboxylic acids is 1. The number of carbonyl (C=O) groups is 1. The van der Waals surface area contributed by atoms with Crippen molar-refractivity contribution in [1.82, 2.24) is 4.90 Å². The molecule has 1 aliphatic rings. The topological polar surface area (TPSA) is 20.3 Å². The number of rotatable bonds is 2. The van der Waals surface area contributed by atoms with Crippen LogP contribution in [0.4, 0.5) is 4.39 Å². The normalized spacial score (nSPS) is 18.0. The zero-order valence-electron chi connectivity index (χ0n) is 12.1. The lowest BCUT2D eigenvalue weighted by atomic mass is 9.99. The fraction of sp³-hybridized carbons (Fsp3) is 0.278. The summed E-state index contributed by atoms with van der Waals surface area (Å²) in [5, 5.41) is 0. The molecule has 3 rings (SSSR count). The summed E-state index contributed by atoms with van der Waals surface area (Å²) in [4.78, 5) is 14.5. The summed E-state index contributed by atoms with van der Waals surface area (Å²) in [5.74, 6) is -0.451. The van der Waals surface area contributed by atoms with Crippen molar-refractivity contribution in [3.05, 3.63) is 71.0 Å². The van der Waals surface area contributed by atoms with E-state index in [1.54, 1.807) is 12.1 Å². The summed E-state index contributed by atoms with van der Waals surface area (Å²) in [7, 11) is 0. The minimum absolute atomic E-state index is 0.0831. The highest BCUT2D eigenvalue weighted by atomic mass is 19.1. The van der Waals surface area contributed by atoms with E-state index in [9.17, 15) is 9.18 Å². The molecule has 0 unspecified atom stereocenters. The standard InChI is InChI=1S/C18H18FNO/c1-13-6-2-3-9-16(13)17-10-5-11-20(17)18(21)14-7-4-8-15(19)12-14/h2-4,6-9,12,17H,5,10-11H2,1H3/t17-/m1/s1. The molecular weight excluding hydrogens is 265 g/mol. The minimum Gasteiger partial charge on any atom is -0.332 e. The van der Waals surface area contributed by atoms with Crippen molar-refractivity contribution in [2.75, 3.05) is 6.54 Å². The first-order valence-corrected chi connectivity index (χ1v) is 7.29. The fourth-order valence-corrected chi connectivity index (χ4v) is 3.08. The molecule has 1 heterocycles. The molecule has 3 heteroatoms. The quantitative estimate of drug-likeness (QED) is 0.812. The van der Waals surface area contributed by atoms with Crippen molar-refractivity contribution in [2.24, 2.45) is 0 Å². The van der Waals surface area contributed by atoms with Gasteiger partial charge >= 0.3 is 0 Å². The van der Waals surface area contributed by atoms with Gasteiger partial charge in [0.2, 0.25) is 0 Å². The molecule has 0 aromatic heterocycles.